The van der Waals surface area contributed by atoms with Crippen molar-refractivity contribution in [3.8, 4) is 0 Å². The Morgan fingerprint density at radius 3 is 2.71 bits per heavy atom. The normalized spacial score (nSPS) is 17.6. The first kappa shape index (κ1) is 16.8. The van der Waals surface area contributed by atoms with E-state index in [0.717, 1.165) is 36.2 Å². The molecule has 1 fully saturated rings. The number of carbonyl (C=O) groups is 2. The molecule has 0 bridgehead atoms. The van der Waals surface area contributed by atoms with Gasteiger partial charge in [0.2, 0.25) is 5.91 Å². The first-order chi connectivity index (χ1) is 11.5. The molecule has 1 heterocycles. The van der Waals surface area contributed by atoms with Gasteiger partial charge in [0.15, 0.2) is 0 Å². The molecule has 0 radical (unpaired) electrons. The third kappa shape index (κ3) is 3.38. The number of likely N-dealkylation sites (N-methyl/N-ethyl adjacent to an activating group) is 1. The standard InChI is InChI=1S/C18H26N4O2/c1-4-19-18(24)22-10-9-12-7-8-14(11-15(12)22)20-17(23)16(21(2)3)13-5-6-13/h7-8,11,13,16H,4-6,9-10H2,1-3H3,(H,19,24)(H,20,23). The predicted octanol–water partition coefficient (Wildman–Crippen LogP) is 2.06. The zero-order valence-corrected chi connectivity index (χ0v) is 14.6. The lowest BCUT2D eigenvalue weighted by atomic mass is 10.1. The molecule has 1 aliphatic heterocycles. The van der Waals surface area contributed by atoms with Gasteiger partial charge < -0.3 is 10.6 Å². The largest absolute Gasteiger partial charge is 0.338 e. The number of hydrogen-bond donors (Lipinski definition) is 2. The van der Waals surface area contributed by atoms with E-state index < -0.39 is 0 Å². The summed E-state index contributed by atoms with van der Waals surface area (Å²) in [7, 11) is 3.89. The Labute approximate surface area is 143 Å². The Hall–Kier alpha value is -2.08. The smallest absolute Gasteiger partial charge is 0.321 e. The summed E-state index contributed by atoms with van der Waals surface area (Å²) < 4.78 is 0. The van der Waals surface area contributed by atoms with Crippen LogP contribution in [0.4, 0.5) is 16.2 Å². The third-order valence-corrected chi connectivity index (χ3v) is 4.72. The summed E-state index contributed by atoms with van der Waals surface area (Å²) in [5, 5.41) is 5.86. The molecular weight excluding hydrogens is 304 g/mol. The predicted molar refractivity (Wildman–Crippen MR) is 95.4 cm³/mol. The fourth-order valence-electron chi connectivity index (χ4n) is 3.41. The average Bonchev–Trinajstić information content (AvgIpc) is 3.25. The van der Waals surface area contributed by atoms with Crippen LogP contribution >= 0.6 is 0 Å². The third-order valence-electron chi connectivity index (χ3n) is 4.72. The van der Waals surface area contributed by atoms with E-state index in [9.17, 15) is 9.59 Å². The molecule has 0 saturated heterocycles. The van der Waals surface area contributed by atoms with E-state index in [-0.39, 0.29) is 18.0 Å². The van der Waals surface area contributed by atoms with E-state index >= 15 is 0 Å². The lowest BCUT2D eigenvalue weighted by molar-refractivity contribution is -0.121. The van der Waals surface area contributed by atoms with Crippen molar-refractivity contribution in [3.05, 3.63) is 23.8 Å². The molecule has 1 aromatic carbocycles. The van der Waals surface area contributed by atoms with Gasteiger partial charge in [0.05, 0.1) is 11.7 Å². The molecular formula is C18H26N4O2. The van der Waals surface area contributed by atoms with Gasteiger partial charge in [-0.15, -0.1) is 0 Å². The summed E-state index contributed by atoms with van der Waals surface area (Å²) in [6.07, 6.45) is 3.08. The Bertz CT molecular complexity index is 638. The highest BCUT2D eigenvalue weighted by Crippen LogP contribution is 2.36. The SMILES string of the molecule is CCNC(=O)N1CCc2ccc(NC(=O)C(C3CC3)N(C)C)cc21. The molecule has 0 aromatic heterocycles. The lowest BCUT2D eigenvalue weighted by Gasteiger charge is -2.23. The number of fused-ring (bicyclic) bond motifs is 1. The van der Waals surface area contributed by atoms with E-state index in [4.69, 9.17) is 0 Å². The number of anilines is 2. The minimum Gasteiger partial charge on any atom is -0.338 e. The maximum absolute atomic E-state index is 12.6. The van der Waals surface area contributed by atoms with Gasteiger partial charge in [0.25, 0.3) is 0 Å². The monoisotopic (exact) mass is 330 g/mol. The molecule has 1 unspecified atom stereocenters. The fraction of sp³-hybridized carbons (Fsp3) is 0.556. The number of hydrogen-bond acceptors (Lipinski definition) is 3. The topological polar surface area (TPSA) is 64.7 Å². The van der Waals surface area contributed by atoms with Crippen LogP contribution in [-0.2, 0) is 11.2 Å². The van der Waals surface area contributed by atoms with Crippen molar-refractivity contribution in [1.29, 1.82) is 0 Å². The van der Waals surface area contributed by atoms with E-state index in [2.05, 4.69) is 10.6 Å². The number of benzene rings is 1. The zero-order valence-electron chi connectivity index (χ0n) is 14.6. The number of amides is 3. The molecule has 0 spiro atoms. The molecule has 2 aliphatic rings. The van der Waals surface area contributed by atoms with Crippen LogP contribution < -0.4 is 15.5 Å². The van der Waals surface area contributed by atoms with E-state index in [1.54, 1.807) is 4.90 Å². The number of carbonyl (C=O) groups excluding carboxylic acids is 2. The van der Waals surface area contributed by atoms with Gasteiger partial charge in [-0.1, -0.05) is 6.07 Å². The van der Waals surface area contributed by atoms with Crippen LogP contribution in [0, 0.1) is 5.92 Å². The van der Waals surface area contributed by atoms with Crippen molar-refractivity contribution in [2.75, 3.05) is 37.4 Å². The number of urea groups is 1. The highest BCUT2D eigenvalue weighted by Gasteiger charge is 2.37. The van der Waals surface area contributed by atoms with Crippen LogP contribution in [0.25, 0.3) is 0 Å². The molecule has 1 aromatic rings. The number of nitrogens with one attached hydrogen (secondary N) is 2. The summed E-state index contributed by atoms with van der Waals surface area (Å²) in [6.45, 7) is 3.19. The summed E-state index contributed by atoms with van der Waals surface area (Å²) >= 11 is 0. The Morgan fingerprint density at radius 1 is 1.33 bits per heavy atom. The highest BCUT2D eigenvalue weighted by atomic mass is 16.2. The second-order valence-corrected chi connectivity index (χ2v) is 6.82. The van der Waals surface area contributed by atoms with Crippen molar-refractivity contribution in [2.45, 2.75) is 32.2 Å². The van der Waals surface area contributed by atoms with Gasteiger partial charge in [-0.05, 0) is 63.9 Å². The molecule has 1 aliphatic carbocycles. The van der Waals surface area contributed by atoms with E-state index in [1.165, 1.54) is 0 Å². The zero-order chi connectivity index (χ0) is 17.3. The van der Waals surface area contributed by atoms with Gasteiger partial charge in [0.1, 0.15) is 0 Å². The average molecular weight is 330 g/mol. The fourth-order valence-corrected chi connectivity index (χ4v) is 3.41. The van der Waals surface area contributed by atoms with Crippen LogP contribution in [0.2, 0.25) is 0 Å². The van der Waals surface area contributed by atoms with Gasteiger partial charge in [-0.3, -0.25) is 14.6 Å². The second-order valence-electron chi connectivity index (χ2n) is 6.82. The molecule has 3 amide bonds. The van der Waals surface area contributed by atoms with E-state index in [1.807, 2.05) is 44.1 Å². The second kappa shape index (κ2) is 6.81. The molecule has 130 valence electrons. The summed E-state index contributed by atoms with van der Waals surface area (Å²) in [5.74, 6) is 0.492. The van der Waals surface area contributed by atoms with Gasteiger partial charge in [0, 0.05) is 18.8 Å². The molecule has 24 heavy (non-hydrogen) atoms. The molecule has 3 rings (SSSR count). The molecule has 6 nitrogen and oxygen atoms in total. The first-order valence-electron chi connectivity index (χ1n) is 8.67. The maximum Gasteiger partial charge on any atom is 0.321 e. The van der Waals surface area contributed by atoms with Crippen molar-refractivity contribution >= 4 is 23.3 Å². The minimum atomic E-state index is -0.0854. The highest BCUT2D eigenvalue weighted by molar-refractivity contribution is 5.98. The Kier molecular flexibility index (Phi) is 4.76. The Balaban J connectivity index is 1.75. The molecule has 1 saturated carbocycles. The van der Waals surface area contributed by atoms with Crippen LogP contribution in [-0.4, -0.2) is 50.1 Å². The molecule has 6 heteroatoms. The van der Waals surface area contributed by atoms with Crippen molar-refractivity contribution < 1.29 is 9.59 Å². The van der Waals surface area contributed by atoms with Gasteiger partial charge in [-0.2, -0.15) is 0 Å². The van der Waals surface area contributed by atoms with Crippen LogP contribution in [0.15, 0.2) is 18.2 Å². The van der Waals surface area contributed by atoms with Gasteiger partial charge in [-0.25, -0.2) is 4.79 Å². The summed E-state index contributed by atoms with van der Waals surface area (Å²) in [6, 6.07) is 5.68. The maximum atomic E-state index is 12.6. The van der Waals surface area contributed by atoms with Crippen LogP contribution in [0.5, 0.6) is 0 Å². The Morgan fingerprint density at radius 2 is 2.08 bits per heavy atom. The van der Waals surface area contributed by atoms with Crippen LogP contribution in [0.1, 0.15) is 25.3 Å². The molecule has 1 atom stereocenters. The van der Waals surface area contributed by atoms with E-state index in [0.29, 0.717) is 19.0 Å². The lowest BCUT2D eigenvalue weighted by Crippen LogP contribution is -2.41. The minimum absolute atomic E-state index is 0.0324. The number of rotatable bonds is 5. The van der Waals surface area contributed by atoms with Crippen LogP contribution in [0.3, 0.4) is 0 Å². The molecule has 2 N–H and O–H groups in total. The summed E-state index contributed by atoms with van der Waals surface area (Å²) in [5.41, 5.74) is 2.79. The van der Waals surface area contributed by atoms with Crippen molar-refractivity contribution in [2.24, 2.45) is 5.92 Å². The number of nitrogens with zero attached hydrogens (tertiary/aromatic N) is 2. The summed E-state index contributed by atoms with van der Waals surface area (Å²) in [4.78, 5) is 28.5. The van der Waals surface area contributed by atoms with Crippen molar-refractivity contribution in [3.63, 3.8) is 0 Å². The first-order valence-corrected chi connectivity index (χ1v) is 8.67. The van der Waals surface area contributed by atoms with Gasteiger partial charge >= 0.3 is 6.03 Å². The quantitative estimate of drug-likeness (QED) is 0.868. The van der Waals surface area contributed by atoms with Crippen molar-refractivity contribution in [1.82, 2.24) is 10.2 Å².